The van der Waals surface area contributed by atoms with Crippen molar-refractivity contribution in [1.29, 1.82) is 0 Å². The van der Waals surface area contributed by atoms with Gasteiger partial charge in [-0.3, -0.25) is 9.59 Å². The fraction of sp³-hybridized carbons (Fsp3) is 0.533. The molecule has 0 spiro atoms. The van der Waals surface area contributed by atoms with Crippen molar-refractivity contribution in [3.05, 3.63) is 63.6 Å². The van der Waals surface area contributed by atoms with Gasteiger partial charge in [0.1, 0.15) is 5.75 Å². The summed E-state index contributed by atoms with van der Waals surface area (Å²) in [7, 11) is 1.78. The van der Waals surface area contributed by atoms with Crippen LogP contribution in [0.15, 0.2) is 42.5 Å². The lowest BCUT2D eigenvalue weighted by atomic mass is 9.57. The molecule has 1 amide bonds. The summed E-state index contributed by atoms with van der Waals surface area (Å²) in [5.41, 5.74) is 1.78. The quantitative estimate of drug-likeness (QED) is 0.346. The number of methoxy groups -OCH3 is 1. The minimum Gasteiger partial charge on any atom is -0.427 e. The fourth-order valence-corrected chi connectivity index (χ4v) is 6.93. The molecule has 2 aromatic carbocycles. The number of carbonyl (C=O) groups excluding carboxylic acids is 2. The van der Waals surface area contributed by atoms with Crippen LogP contribution in [0.5, 0.6) is 5.75 Å². The summed E-state index contributed by atoms with van der Waals surface area (Å²) in [6.45, 7) is 4.55. The van der Waals surface area contributed by atoms with E-state index in [1.807, 2.05) is 24.3 Å². The van der Waals surface area contributed by atoms with Crippen molar-refractivity contribution in [3.63, 3.8) is 0 Å². The van der Waals surface area contributed by atoms with Crippen LogP contribution in [0, 0.1) is 11.8 Å². The Morgan fingerprint density at radius 2 is 1.95 bits per heavy atom. The van der Waals surface area contributed by atoms with E-state index >= 15 is 0 Å². The number of ether oxygens (including phenoxy) is 2. The first-order valence-corrected chi connectivity index (χ1v) is 14.3. The number of piperidine rings is 1. The van der Waals surface area contributed by atoms with Crippen molar-refractivity contribution in [2.75, 3.05) is 26.7 Å². The summed E-state index contributed by atoms with van der Waals surface area (Å²) in [5, 5.41) is 4.22. The molecule has 0 bridgehead atoms. The van der Waals surface area contributed by atoms with Gasteiger partial charge in [0.2, 0.25) is 5.91 Å². The molecule has 3 aliphatic rings. The molecule has 38 heavy (non-hydrogen) atoms. The van der Waals surface area contributed by atoms with Crippen LogP contribution in [0.2, 0.25) is 10.0 Å². The third-order valence-electron chi connectivity index (χ3n) is 8.52. The number of esters is 1. The van der Waals surface area contributed by atoms with E-state index in [4.69, 9.17) is 32.7 Å². The molecule has 2 aliphatic carbocycles. The highest BCUT2D eigenvalue weighted by molar-refractivity contribution is 6.42. The maximum Gasteiger partial charge on any atom is 0.308 e. The molecule has 1 heterocycles. The van der Waals surface area contributed by atoms with Crippen molar-refractivity contribution in [1.82, 2.24) is 10.2 Å². The highest BCUT2D eigenvalue weighted by Gasteiger charge is 2.53. The zero-order valence-corrected chi connectivity index (χ0v) is 23.6. The van der Waals surface area contributed by atoms with E-state index in [1.54, 1.807) is 19.2 Å². The smallest absolute Gasteiger partial charge is 0.308 e. The number of hydrogen-bond acceptors (Lipinski definition) is 5. The molecule has 3 fully saturated rings. The van der Waals surface area contributed by atoms with Crippen LogP contribution in [0.3, 0.4) is 0 Å². The molecule has 0 aromatic heterocycles. The summed E-state index contributed by atoms with van der Waals surface area (Å²) in [6, 6.07) is 13.2. The van der Waals surface area contributed by atoms with Gasteiger partial charge in [0.25, 0.3) is 0 Å². The molecule has 2 aromatic rings. The van der Waals surface area contributed by atoms with Crippen LogP contribution in [0.4, 0.5) is 0 Å². The minimum absolute atomic E-state index is 0.00147. The molecule has 1 aliphatic heterocycles. The van der Waals surface area contributed by atoms with Gasteiger partial charge in [-0.1, -0.05) is 41.4 Å². The Kier molecular flexibility index (Phi) is 8.34. The van der Waals surface area contributed by atoms with E-state index in [-0.39, 0.29) is 41.8 Å². The van der Waals surface area contributed by atoms with Crippen LogP contribution >= 0.6 is 23.2 Å². The zero-order valence-electron chi connectivity index (χ0n) is 22.1. The van der Waals surface area contributed by atoms with E-state index < -0.39 is 0 Å². The van der Waals surface area contributed by atoms with Gasteiger partial charge in [-0.25, -0.2) is 0 Å². The second-order valence-electron chi connectivity index (χ2n) is 11.2. The Morgan fingerprint density at radius 1 is 1.13 bits per heavy atom. The largest absolute Gasteiger partial charge is 0.427 e. The molecule has 4 atom stereocenters. The van der Waals surface area contributed by atoms with Crippen molar-refractivity contribution >= 4 is 35.1 Å². The topological polar surface area (TPSA) is 67.9 Å². The van der Waals surface area contributed by atoms with Crippen molar-refractivity contribution in [2.24, 2.45) is 11.8 Å². The van der Waals surface area contributed by atoms with Gasteiger partial charge in [0.15, 0.2) is 0 Å². The van der Waals surface area contributed by atoms with Gasteiger partial charge >= 0.3 is 5.97 Å². The fourth-order valence-electron chi connectivity index (χ4n) is 6.61. The van der Waals surface area contributed by atoms with Gasteiger partial charge in [-0.05, 0) is 80.0 Å². The van der Waals surface area contributed by atoms with E-state index in [1.165, 1.54) is 19.8 Å². The number of nitrogens with zero attached hydrogens (tertiary/aromatic N) is 1. The third kappa shape index (κ3) is 6.20. The number of nitrogens with one attached hydrogen (secondary N) is 1. The number of benzene rings is 2. The van der Waals surface area contributed by atoms with Gasteiger partial charge in [0.05, 0.1) is 22.6 Å². The monoisotopic (exact) mass is 558 g/mol. The average molecular weight is 560 g/mol. The lowest BCUT2D eigenvalue weighted by Crippen LogP contribution is -2.61. The first kappa shape index (κ1) is 27.4. The summed E-state index contributed by atoms with van der Waals surface area (Å²) in [4.78, 5) is 27.4. The van der Waals surface area contributed by atoms with Gasteiger partial charge in [0, 0.05) is 44.5 Å². The van der Waals surface area contributed by atoms with Gasteiger partial charge < -0.3 is 19.7 Å². The molecule has 8 heteroatoms. The number of fused-ring (bicyclic) bond motifs is 1. The first-order chi connectivity index (χ1) is 18.3. The van der Waals surface area contributed by atoms with Crippen LogP contribution in [0.1, 0.15) is 50.2 Å². The van der Waals surface area contributed by atoms with Crippen LogP contribution in [0.25, 0.3) is 0 Å². The Morgan fingerprint density at radius 3 is 2.66 bits per heavy atom. The molecule has 1 N–H and O–H groups in total. The second kappa shape index (κ2) is 11.5. The number of rotatable bonds is 8. The Bertz CT molecular complexity index is 1190. The predicted octanol–water partition coefficient (Wildman–Crippen LogP) is 5.42. The molecule has 204 valence electrons. The normalized spacial score (nSPS) is 27.4. The van der Waals surface area contributed by atoms with Crippen LogP contribution < -0.4 is 10.1 Å². The van der Waals surface area contributed by atoms with Crippen molar-refractivity contribution in [2.45, 2.75) is 63.0 Å². The summed E-state index contributed by atoms with van der Waals surface area (Å²) >= 11 is 12.2. The molecule has 2 saturated carbocycles. The van der Waals surface area contributed by atoms with E-state index in [0.717, 1.165) is 55.9 Å². The number of halogens is 2. The standard InChI is InChI=1S/C30H36Cl2N2O4/c1-19(35)38-24-5-3-4-22(14-24)30-10-11-34(17-20-6-7-20)18-25(30)28(37-2)15-23(16-30)33-29(36)13-21-8-9-26(31)27(32)12-21/h3-5,8-9,12,14,20,23,25,28H,6-7,10-11,13,15-18H2,1-2H3,(H,33,36)/t23-,25-,28?,30-/m0/s1. The molecule has 6 nitrogen and oxygen atoms in total. The van der Waals surface area contributed by atoms with Crippen LogP contribution in [-0.4, -0.2) is 55.7 Å². The molecule has 1 unspecified atom stereocenters. The molecular formula is C30H36Cl2N2O4. The third-order valence-corrected chi connectivity index (χ3v) is 9.25. The predicted molar refractivity (Wildman–Crippen MR) is 149 cm³/mol. The maximum atomic E-state index is 13.1. The van der Waals surface area contributed by atoms with E-state index in [9.17, 15) is 9.59 Å². The number of amides is 1. The Hall–Kier alpha value is -2.12. The lowest BCUT2D eigenvalue weighted by molar-refractivity contribution is -0.132. The minimum atomic E-state index is -0.332. The van der Waals surface area contributed by atoms with Gasteiger partial charge in [-0.2, -0.15) is 0 Å². The molecular weight excluding hydrogens is 523 g/mol. The van der Waals surface area contributed by atoms with Crippen molar-refractivity contribution < 1.29 is 19.1 Å². The van der Waals surface area contributed by atoms with Crippen molar-refractivity contribution in [3.8, 4) is 5.75 Å². The highest BCUT2D eigenvalue weighted by atomic mass is 35.5. The summed E-state index contributed by atoms with van der Waals surface area (Å²) in [6.07, 6.45) is 5.43. The van der Waals surface area contributed by atoms with E-state index in [2.05, 4.69) is 16.3 Å². The summed E-state index contributed by atoms with van der Waals surface area (Å²) < 4.78 is 11.6. The average Bonchev–Trinajstić information content (AvgIpc) is 3.70. The summed E-state index contributed by atoms with van der Waals surface area (Å²) in [5.74, 6) is 1.28. The number of hydrogen-bond donors (Lipinski definition) is 1. The Balaban J connectivity index is 1.40. The van der Waals surface area contributed by atoms with Crippen LogP contribution in [-0.2, 0) is 26.2 Å². The Labute approximate surface area is 235 Å². The highest BCUT2D eigenvalue weighted by Crippen LogP contribution is 2.51. The number of carbonyl (C=O) groups is 2. The first-order valence-electron chi connectivity index (χ1n) is 13.5. The number of likely N-dealkylation sites (tertiary alicyclic amines) is 1. The molecule has 0 radical (unpaired) electrons. The lowest BCUT2D eigenvalue weighted by Gasteiger charge is -2.55. The SMILES string of the molecule is COC1C[C@H](NC(=O)Cc2ccc(Cl)c(Cl)c2)C[C@]2(c3cccc(OC(C)=O)c3)CCN(CC3CC3)C[C@@H]12. The second-order valence-corrected chi connectivity index (χ2v) is 12.1. The molecule has 5 rings (SSSR count). The zero-order chi connectivity index (χ0) is 26.9. The van der Waals surface area contributed by atoms with Gasteiger partial charge in [-0.15, -0.1) is 0 Å². The molecule has 1 saturated heterocycles. The van der Waals surface area contributed by atoms with E-state index in [0.29, 0.717) is 15.8 Å². The maximum absolute atomic E-state index is 13.1.